The van der Waals surface area contributed by atoms with Crippen LogP contribution >= 0.6 is 0 Å². The van der Waals surface area contributed by atoms with Gasteiger partial charge < -0.3 is 10.6 Å². The van der Waals surface area contributed by atoms with Gasteiger partial charge in [0.25, 0.3) is 0 Å². The molecule has 0 spiro atoms. The molecule has 1 fully saturated rings. The van der Waals surface area contributed by atoms with Gasteiger partial charge in [-0.3, -0.25) is 9.59 Å². The number of carbonyl (C=O) groups is 2. The Bertz CT molecular complexity index is 269. The fourth-order valence-electron chi connectivity index (χ4n) is 1.28. The lowest BCUT2D eigenvalue weighted by atomic mass is 10.1. The normalized spacial score (nSPS) is 21.2. The first-order valence-corrected chi connectivity index (χ1v) is 3.96. The molecule has 5 heteroatoms. The average molecular weight is 180 g/mol. The highest BCUT2D eigenvalue weighted by atomic mass is 16.2. The molecule has 1 rings (SSSR count). The molecule has 2 N–H and O–H groups in total. The molecule has 0 unspecified atom stereocenters. The van der Waals surface area contributed by atoms with Crippen LogP contribution in [-0.2, 0) is 9.59 Å². The van der Waals surface area contributed by atoms with Crippen LogP contribution in [0.2, 0.25) is 0 Å². The lowest BCUT2D eigenvalue weighted by Gasteiger charge is -2.13. The van der Waals surface area contributed by atoms with E-state index in [2.05, 4.69) is 6.07 Å². The standard InChI is InChI=1S/C8H10N3O2/c9-4-6-1-2-11(5-6)8(13)3-7(10)12/h3,6H,1-2,5H2,(H2,10,12)/t6-/m0/s1. The molecule has 0 aromatic carbocycles. The van der Waals surface area contributed by atoms with Crippen molar-refractivity contribution in [2.24, 2.45) is 11.7 Å². The minimum absolute atomic E-state index is 0.106. The van der Waals surface area contributed by atoms with E-state index in [-0.39, 0.29) is 5.92 Å². The van der Waals surface area contributed by atoms with Crippen LogP contribution in [-0.4, -0.2) is 29.8 Å². The molecule has 69 valence electrons. The van der Waals surface area contributed by atoms with Gasteiger partial charge in [0.15, 0.2) is 0 Å². The Hall–Kier alpha value is -1.57. The Balaban J connectivity index is 2.43. The van der Waals surface area contributed by atoms with Crippen LogP contribution in [0.15, 0.2) is 0 Å². The van der Waals surface area contributed by atoms with Crippen molar-refractivity contribution in [2.75, 3.05) is 13.1 Å². The van der Waals surface area contributed by atoms with Crippen LogP contribution in [0.3, 0.4) is 0 Å². The van der Waals surface area contributed by atoms with Crippen LogP contribution in [0.25, 0.3) is 0 Å². The molecular weight excluding hydrogens is 170 g/mol. The van der Waals surface area contributed by atoms with Gasteiger partial charge >= 0.3 is 0 Å². The minimum atomic E-state index is -0.745. The van der Waals surface area contributed by atoms with Gasteiger partial charge in [-0.05, 0) is 6.42 Å². The fourth-order valence-corrected chi connectivity index (χ4v) is 1.28. The van der Waals surface area contributed by atoms with Gasteiger partial charge in [-0.1, -0.05) is 0 Å². The Kier molecular flexibility index (Phi) is 2.85. The molecule has 1 saturated heterocycles. The first-order chi connectivity index (χ1) is 6.13. The smallest absolute Gasteiger partial charge is 0.236 e. The Morgan fingerprint density at radius 1 is 1.62 bits per heavy atom. The number of hydrogen-bond donors (Lipinski definition) is 1. The molecule has 13 heavy (non-hydrogen) atoms. The third-order valence-electron chi connectivity index (χ3n) is 1.95. The Morgan fingerprint density at radius 3 is 2.77 bits per heavy atom. The van der Waals surface area contributed by atoms with Gasteiger partial charge in [0.2, 0.25) is 11.8 Å². The lowest BCUT2D eigenvalue weighted by Crippen LogP contribution is -2.32. The number of nitrogens with zero attached hydrogens (tertiary/aromatic N) is 2. The monoisotopic (exact) mass is 180 g/mol. The van der Waals surface area contributed by atoms with Gasteiger partial charge in [-0.2, -0.15) is 5.26 Å². The van der Waals surface area contributed by atoms with E-state index in [0.717, 1.165) is 6.42 Å². The summed E-state index contributed by atoms with van der Waals surface area (Å²) >= 11 is 0. The first kappa shape index (κ1) is 9.52. The van der Waals surface area contributed by atoms with Crippen molar-refractivity contribution in [1.29, 1.82) is 5.26 Å². The van der Waals surface area contributed by atoms with Crippen LogP contribution in [0.5, 0.6) is 0 Å². The zero-order valence-corrected chi connectivity index (χ0v) is 7.06. The summed E-state index contributed by atoms with van der Waals surface area (Å²) in [6, 6.07) is 2.08. The summed E-state index contributed by atoms with van der Waals surface area (Å²) in [6.45, 7) is 0.931. The topological polar surface area (TPSA) is 87.2 Å². The quantitative estimate of drug-likeness (QED) is 0.555. The zero-order valence-electron chi connectivity index (χ0n) is 7.06. The van der Waals surface area contributed by atoms with Crippen LogP contribution < -0.4 is 5.73 Å². The average Bonchev–Trinajstić information content (AvgIpc) is 2.50. The predicted octanol–water partition coefficient (Wildman–Crippen LogP) is -0.952. The summed E-state index contributed by atoms with van der Waals surface area (Å²) in [4.78, 5) is 23.0. The van der Waals surface area contributed by atoms with E-state index < -0.39 is 11.8 Å². The van der Waals surface area contributed by atoms with Crippen molar-refractivity contribution in [3.05, 3.63) is 6.42 Å². The van der Waals surface area contributed by atoms with Crippen LogP contribution in [0.1, 0.15) is 6.42 Å². The van der Waals surface area contributed by atoms with Crippen molar-refractivity contribution < 1.29 is 9.59 Å². The number of likely N-dealkylation sites (tertiary alicyclic amines) is 1. The molecular formula is C8H10N3O2. The van der Waals surface area contributed by atoms with E-state index in [1.807, 2.05) is 0 Å². The van der Waals surface area contributed by atoms with E-state index in [1.54, 1.807) is 0 Å². The van der Waals surface area contributed by atoms with Crippen molar-refractivity contribution in [3.8, 4) is 6.07 Å². The highest BCUT2D eigenvalue weighted by Gasteiger charge is 2.26. The molecule has 1 aliphatic heterocycles. The summed E-state index contributed by atoms with van der Waals surface area (Å²) in [6.07, 6.45) is 1.52. The minimum Gasteiger partial charge on any atom is -0.369 e. The highest BCUT2D eigenvalue weighted by molar-refractivity contribution is 6.07. The summed E-state index contributed by atoms with van der Waals surface area (Å²) in [5.41, 5.74) is 4.82. The second-order valence-electron chi connectivity index (χ2n) is 2.95. The van der Waals surface area contributed by atoms with Gasteiger partial charge in [-0.15, -0.1) is 0 Å². The maximum absolute atomic E-state index is 11.2. The maximum Gasteiger partial charge on any atom is 0.236 e. The highest BCUT2D eigenvalue weighted by Crippen LogP contribution is 2.15. The van der Waals surface area contributed by atoms with E-state index in [0.29, 0.717) is 19.5 Å². The van der Waals surface area contributed by atoms with Crippen LogP contribution in [0.4, 0.5) is 0 Å². The van der Waals surface area contributed by atoms with Crippen molar-refractivity contribution >= 4 is 11.8 Å². The van der Waals surface area contributed by atoms with E-state index in [4.69, 9.17) is 11.0 Å². The number of carbonyl (C=O) groups excluding carboxylic acids is 2. The number of nitriles is 1. The zero-order chi connectivity index (χ0) is 9.84. The summed E-state index contributed by atoms with van der Waals surface area (Å²) in [7, 11) is 0. The molecule has 0 bridgehead atoms. The molecule has 0 aromatic rings. The SMILES string of the molecule is N#C[C@@H]1CCN(C(=O)[CH]C(N)=O)C1. The van der Waals surface area contributed by atoms with Crippen molar-refractivity contribution in [1.82, 2.24) is 4.90 Å². The van der Waals surface area contributed by atoms with Crippen molar-refractivity contribution in [2.45, 2.75) is 6.42 Å². The van der Waals surface area contributed by atoms with Crippen molar-refractivity contribution in [3.63, 3.8) is 0 Å². The van der Waals surface area contributed by atoms with E-state index in [1.165, 1.54) is 4.90 Å². The third-order valence-corrected chi connectivity index (χ3v) is 1.95. The summed E-state index contributed by atoms with van der Waals surface area (Å²) in [5.74, 6) is -1.25. The predicted molar refractivity (Wildman–Crippen MR) is 43.8 cm³/mol. The van der Waals surface area contributed by atoms with Gasteiger partial charge in [0.1, 0.15) is 6.42 Å². The molecule has 0 saturated carbocycles. The number of rotatable bonds is 2. The molecule has 0 aliphatic carbocycles. The Morgan fingerprint density at radius 2 is 2.31 bits per heavy atom. The van der Waals surface area contributed by atoms with Gasteiger partial charge in [0.05, 0.1) is 12.0 Å². The molecule has 1 atom stereocenters. The number of amides is 2. The fraction of sp³-hybridized carbons (Fsp3) is 0.500. The summed E-state index contributed by atoms with van der Waals surface area (Å²) < 4.78 is 0. The lowest BCUT2D eigenvalue weighted by molar-refractivity contribution is -0.129. The molecule has 1 aliphatic rings. The number of primary amides is 1. The molecule has 1 heterocycles. The molecule has 5 nitrogen and oxygen atoms in total. The molecule has 0 aromatic heterocycles. The maximum atomic E-state index is 11.2. The third kappa shape index (κ3) is 2.44. The number of hydrogen-bond acceptors (Lipinski definition) is 3. The van der Waals surface area contributed by atoms with Gasteiger partial charge in [0, 0.05) is 13.1 Å². The van der Waals surface area contributed by atoms with E-state index in [9.17, 15) is 9.59 Å². The van der Waals surface area contributed by atoms with Crippen LogP contribution in [0, 0.1) is 23.7 Å². The molecule has 1 radical (unpaired) electrons. The second-order valence-corrected chi connectivity index (χ2v) is 2.95. The van der Waals surface area contributed by atoms with E-state index >= 15 is 0 Å². The number of nitrogens with two attached hydrogens (primary N) is 1. The van der Waals surface area contributed by atoms with Gasteiger partial charge in [-0.25, -0.2) is 0 Å². The largest absolute Gasteiger partial charge is 0.369 e. The second kappa shape index (κ2) is 3.90. The summed E-state index contributed by atoms with van der Waals surface area (Å²) in [5, 5.41) is 8.56. The first-order valence-electron chi connectivity index (χ1n) is 3.96. The Labute approximate surface area is 76.1 Å². The molecule has 2 amide bonds.